The van der Waals surface area contributed by atoms with Gasteiger partial charge in [0.25, 0.3) is 0 Å². The van der Waals surface area contributed by atoms with Crippen molar-refractivity contribution in [2.75, 3.05) is 0 Å². The summed E-state index contributed by atoms with van der Waals surface area (Å²) in [5.74, 6) is -0.795. The van der Waals surface area contributed by atoms with E-state index in [9.17, 15) is 17.6 Å². The van der Waals surface area contributed by atoms with Crippen LogP contribution in [0.25, 0.3) is 0 Å². The van der Waals surface area contributed by atoms with E-state index in [2.05, 4.69) is 20.7 Å². The van der Waals surface area contributed by atoms with Crippen molar-refractivity contribution in [3.63, 3.8) is 0 Å². The van der Waals surface area contributed by atoms with Gasteiger partial charge in [-0.25, -0.2) is 4.39 Å². The molecule has 0 bridgehead atoms. The Kier molecular flexibility index (Phi) is 4.53. The van der Waals surface area contributed by atoms with E-state index < -0.39 is 18.2 Å². The Morgan fingerprint density at radius 2 is 1.71 bits per heavy atom. The fourth-order valence-electron chi connectivity index (χ4n) is 1.80. The lowest BCUT2D eigenvalue weighted by molar-refractivity contribution is -0.274. The Hall–Kier alpha value is -1.60. The van der Waals surface area contributed by atoms with Crippen molar-refractivity contribution in [1.29, 1.82) is 0 Å². The molecule has 2 N–H and O–H groups in total. The van der Waals surface area contributed by atoms with Gasteiger partial charge in [-0.3, -0.25) is 0 Å². The van der Waals surface area contributed by atoms with Crippen LogP contribution >= 0.6 is 15.9 Å². The van der Waals surface area contributed by atoms with Gasteiger partial charge in [0.1, 0.15) is 11.6 Å². The zero-order valence-electron chi connectivity index (χ0n) is 10.5. The van der Waals surface area contributed by atoms with Crippen molar-refractivity contribution in [2.45, 2.75) is 12.4 Å². The molecule has 112 valence electrons. The van der Waals surface area contributed by atoms with Crippen molar-refractivity contribution >= 4 is 15.9 Å². The predicted molar refractivity (Wildman–Crippen MR) is 73.3 cm³/mol. The monoisotopic (exact) mass is 363 g/mol. The first-order valence-corrected chi connectivity index (χ1v) is 6.62. The fraction of sp³-hybridized carbons (Fsp3) is 0.143. The second kappa shape index (κ2) is 6.03. The van der Waals surface area contributed by atoms with Gasteiger partial charge in [-0.2, -0.15) is 0 Å². The normalized spacial score (nSPS) is 13.0. The van der Waals surface area contributed by atoms with Crippen LogP contribution in [-0.2, 0) is 0 Å². The molecule has 0 spiro atoms. The molecule has 0 aliphatic heterocycles. The SMILES string of the molecule is NC(c1cccc(OC(F)(F)F)c1)c1ccc(F)c(Br)c1. The van der Waals surface area contributed by atoms with E-state index in [4.69, 9.17) is 5.73 Å². The molecule has 0 saturated carbocycles. The minimum Gasteiger partial charge on any atom is -0.406 e. The van der Waals surface area contributed by atoms with E-state index in [1.165, 1.54) is 36.4 Å². The van der Waals surface area contributed by atoms with Crippen LogP contribution in [0.1, 0.15) is 17.2 Å². The smallest absolute Gasteiger partial charge is 0.406 e. The largest absolute Gasteiger partial charge is 0.573 e. The molecule has 0 aliphatic carbocycles. The minimum atomic E-state index is -4.76. The molecule has 0 aliphatic rings. The summed E-state index contributed by atoms with van der Waals surface area (Å²) in [5, 5.41) is 0. The fourth-order valence-corrected chi connectivity index (χ4v) is 2.20. The summed E-state index contributed by atoms with van der Waals surface area (Å²) in [5.41, 5.74) is 6.98. The number of hydrogen-bond donors (Lipinski definition) is 1. The molecule has 2 rings (SSSR count). The van der Waals surface area contributed by atoms with Gasteiger partial charge in [0.15, 0.2) is 0 Å². The summed E-state index contributed by atoms with van der Waals surface area (Å²) >= 11 is 3.04. The Balaban J connectivity index is 2.28. The summed E-state index contributed by atoms with van der Waals surface area (Å²) < 4.78 is 53.8. The van der Waals surface area contributed by atoms with Crippen molar-refractivity contribution in [2.24, 2.45) is 5.73 Å². The number of nitrogens with two attached hydrogens (primary N) is 1. The maximum Gasteiger partial charge on any atom is 0.573 e. The van der Waals surface area contributed by atoms with Crippen molar-refractivity contribution in [1.82, 2.24) is 0 Å². The van der Waals surface area contributed by atoms with E-state index in [0.29, 0.717) is 11.1 Å². The molecule has 21 heavy (non-hydrogen) atoms. The maximum absolute atomic E-state index is 13.2. The molecule has 2 aromatic rings. The van der Waals surface area contributed by atoms with Gasteiger partial charge in [-0.05, 0) is 51.3 Å². The number of halogens is 5. The Labute approximate surface area is 126 Å². The Morgan fingerprint density at radius 1 is 1.05 bits per heavy atom. The lowest BCUT2D eigenvalue weighted by atomic mass is 9.99. The molecule has 0 amide bonds. The third-order valence-corrected chi connectivity index (χ3v) is 3.36. The molecule has 0 radical (unpaired) electrons. The van der Waals surface area contributed by atoms with Gasteiger partial charge in [0.2, 0.25) is 0 Å². The molecule has 2 aromatic carbocycles. The molecule has 7 heteroatoms. The third-order valence-electron chi connectivity index (χ3n) is 2.75. The van der Waals surface area contributed by atoms with Gasteiger partial charge in [0, 0.05) is 0 Å². The highest BCUT2D eigenvalue weighted by molar-refractivity contribution is 9.10. The van der Waals surface area contributed by atoms with E-state index in [0.717, 1.165) is 0 Å². The Morgan fingerprint density at radius 3 is 2.33 bits per heavy atom. The first kappa shape index (κ1) is 15.8. The molecule has 0 aromatic heterocycles. The second-order valence-corrected chi connectivity index (χ2v) is 5.13. The highest BCUT2D eigenvalue weighted by Crippen LogP contribution is 2.28. The number of benzene rings is 2. The van der Waals surface area contributed by atoms with Crippen LogP contribution in [0, 0.1) is 5.82 Å². The third kappa shape index (κ3) is 4.18. The van der Waals surface area contributed by atoms with Gasteiger partial charge >= 0.3 is 6.36 Å². The van der Waals surface area contributed by atoms with Gasteiger partial charge in [-0.15, -0.1) is 13.2 Å². The standard InChI is InChI=1S/C14H10BrF4NO/c15-11-7-9(4-5-12(11)16)13(20)8-2-1-3-10(6-8)21-14(17,18)19/h1-7,13H,20H2. The quantitative estimate of drug-likeness (QED) is 0.812. The molecular weight excluding hydrogens is 354 g/mol. The molecule has 1 atom stereocenters. The summed E-state index contributed by atoms with van der Waals surface area (Å²) in [6.45, 7) is 0. The lowest BCUT2D eigenvalue weighted by Crippen LogP contribution is -2.18. The van der Waals surface area contributed by atoms with Crippen LogP contribution in [0.4, 0.5) is 17.6 Å². The molecule has 0 heterocycles. The second-order valence-electron chi connectivity index (χ2n) is 4.27. The highest BCUT2D eigenvalue weighted by Gasteiger charge is 2.31. The number of hydrogen-bond acceptors (Lipinski definition) is 2. The molecular formula is C14H10BrF4NO. The zero-order chi connectivity index (χ0) is 15.6. The van der Waals surface area contributed by atoms with Crippen LogP contribution in [0.2, 0.25) is 0 Å². The van der Waals surface area contributed by atoms with Gasteiger partial charge in [0.05, 0.1) is 10.5 Å². The molecule has 0 saturated heterocycles. The van der Waals surface area contributed by atoms with Crippen LogP contribution in [0.15, 0.2) is 46.9 Å². The average Bonchev–Trinajstić information content (AvgIpc) is 2.39. The van der Waals surface area contributed by atoms with E-state index >= 15 is 0 Å². The summed E-state index contributed by atoms with van der Waals surface area (Å²) in [7, 11) is 0. The number of rotatable bonds is 3. The zero-order valence-corrected chi connectivity index (χ0v) is 12.1. The highest BCUT2D eigenvalue weighted by atomic mass is 79.9. The molecule has 0 fully saturated rings. The van der Waals surface area contributed by atoms with E-state index in [1.807, 2.05) is 0 Å². The number of ether oxygens (including phenoxy) is 1. The Bertz CT molecular complexity index is 645. The summed E-state index contributed by atoms with van der Waals surface area (Å²) in [4.78, 5) is 0. The predicted octanol–water partition coefficient (Wildman–Crippen LogP) is 4.53. The summed E-state index contributed by atoms with van der Waals surface area (Å²) in [6, 6.07) is 8.87. The number of alkyl halides is 3. The first-order valence-electron chi connectivity index (χ1n) is 5.82. The minimum absolute atomic E-state index is 0.234. The van der Waals surface area contributed by atoms with Crippen LogP contribution in [0.3, 0.4) is 0 Å². The first-order chi connectivity index (χ1) is 9.76. The van der Waals surface area contributed by atoms with Gasteiger partial charge < -0.3 is 10.5 Å². The van der Waals surface area contributed by atoms with Crippen molar-refractivity contribution < 1.29 is 22.3 Å². The maximum atomic E-state index is 13.2. The van der Waals surface area contributed by atoms with E-state index in [1.54, 1.807) is 6.07 Å². The van der Waals surface area contributed by atoms with E-state index in [-0.39, 0.29) is 10.2 Å². The van der Waals surface area contributed by atoms with Crippen LogP contribution in [-0.4, -0.2) is 6.36 Å². The lowest BCUT2D eigenvalue weighted by Gasteiger charge is -2.15. The summed E-state index contributed by atoms with van der Waals surface area (Å²) in [6.07, 6.45) is -4.76. The molecule has 2 nitrogen and oxygen atoms in total. The topological polar surface area (TPSA) is 35.2 Å². The van der Waals surface area contributed by atoms with Crippen LogP contribution < -0.4 is 10.5 Å². The molecule has 1 unspecified atom stereocenters. The average molecular weight is 364 g/mol. The van der Waals surface area contributed by atoms with Crippen molar-refractivity contribution in [3.05, 3.63) is 63.9 Å². The van der Waals surface area contributed by atoms with Crippen LogP contribution in [0.5, 0.6) is 5.75 Å². The van der Waals surface area contributed by atoms with Crippen molar-refractivity contribution in [3.8, 4) is 5.75 Å². The van der Waals surface area contributed by atoms with Gasteiger partial charge in [-0.1, -0.05) is 18.2 Å².